The Balaban J connectivity index is 1.58. The minimum atomic E-state index is 0.744. The van der Waals surface area contributed by atoms with Gasteiger partial charge in [-0.2, -0.15) is 0 Å². The maximum atomic E-state index is 2.75. The number of rotatable bonds is 2. The second-order valence-corrected chi connectivity index (χ2v) is 5.50. The minimum Gasteiger partial charge on any atom is -0.299 e. The topological polar surface area (TPSA) is 3.24 Å². The third-order valence-corrected chi connectivity index (χ3v) is 4.25. The van der Waals surface area contributed by atoms with Crippen LogP contribution >= 0.6 is 0 Å². The zero-order chi connectivity index (χ0) is 8.18. The Morgan fingerprint density at radius 3 is 2.83 bits per heavy atom. The highest BCUT2D eigenvalue weighted by Crippen LogP contribution is 2.49. The fourth-order valence-corrected chi connectivity index (χ4v) is 3.05. The number of likely N-dealkylation sites (tertiary alicyclic amines) is 1. The fraction of sp³-hybridized carbons (Fsp3) is 1.00. The molecule has 0 aromatic heterocycles. The van der Waals surface area contributed by atoms with Crippen LogP contribution in [0, 0.1) is 11.3 Å². The van der Waals surface area contributed by atoms with Gasteiger partial charge in [-0.1, -0.05) is 13.3 Å². The van der Waals surface area contributed by atoms with Crippen molar-refractivity contribution < 1.29 is 0 Å². The van der Waals surface area contributed by atoms with Crippen molar-refractivity contribution in [2.75, 3.05) is 13.1 Å². The summed E-state index contributed by atoms with van der Waals surface area (Å²) in [5.74, 6) is 1.10. The van der Waals surface area contributed by atoms with E-state index >= 15 is 0 Å². The predicted octanol–water partition coefficient (Wildman–Crippen LogP) is 2.27. The molecule has 3 fully saturated rings. The van der Waals surface area contributed by atoms with Crippen molar-refractivity contribution in [3.63, 3.8) is 0 Å². The van der Waals surface area contributed by atoms with Gasteiger partial charge >= 0.3 is 0 Å². The van der Waals surface area contributed by atoms with Gasteiger partial charge < -0.3 is 0 Å². The van der Waals surface area contributed by atoms with Gasteiger partial charge in [-0.25, -0.2) is 0 Å². The highest BCUT2D eigenvalue weighted by atomic mass is 15.2. The molecule has 1 aliphatic heterocycles. The Labute approximate surface area is 75.1 Å². The summed E-state index contributed by atoms with van der Waals surface area (Å²) in [5, 5.41) is 0. The molecule has 0 bridgehead atoms. The lowest BCUT2D eigenvalue weighted by Gasteiger charge is -2.46. The summed E-state index contributed by atoms with van der Waals surface area (Å²) in [4.78, 5) is 2.75. The van der Waals surface area contributed by atoms with Gasteiger partial charge in [0, 0.05) is 19.1 Å². The van der Waals surface area contributed by atoms with E-state index in [1.807, 2.05) is 0 Å². The molecule has 1 saturated heterocycles. The number of hydrogen-bond donors (Lipinski definition) is 0. The van der Waals surface area contributed by atoms with Crippen LogP contribution in [0.25, 0.3) is 0 Å². The lowest BCUT2D eigenvalue weighted by Crippen LogP contribution is -2.54. The van der Waals surface area contributed by atoms with Gasteiger partial charge in [-0.05, 0) is 37.0 Å². The summed E-state index contributed by atoms with van der Waals surface area (Å²) in [5.41, 5.74) is 0.744. The molecular formula is C11H19N. The Bertz CT molecular complexity index is 195. The van der Waals surface area contributed by atoms with E-state index in [9.17, 15) is 0 Å². The van der Waals surface area contributed by atoms with Crippen LogP contribution in [0.3, 0.4) is 0 Å². The van der Waals surface area contributed by atoms with Gasteiger partial charge in [-0.3, -0.25) is 4.90 Å². The zero-order valence-electron chi connectivity index (χ0n) is 8.05. The predicted molar refractivity (Wildman–Crippen MR) is 50.0 cm³/mol. The summed E-state index contributed by atoms with van der Waals surface area (Å²) < 4.78 is 0. The summed E-state index contributed by atoms with van der Waals surface area (Å²) >= 11 is 0. The summed E-state index contributed by atoms with van der Waals surface area (Å²) in [6.07, 6.45) is 7.50. The highest BCUT2D eigenvalue weighted by Gasteiger charge is 2.47. The molecule has 1 nitrogen and oxygen atoms in total. The molecule has 0 spiro atoms. The molecule has 3 aliphatic rings. The summed E-state index contributed by atoms with van der Waals surface area (Å²) in [6, 6.07) is 1.02. The molecule has 12 heavy (non-hydrogen) atoms. The average Bonchev–Trinajstić information content (AvgIpc) is 2.60. The van der Waals surface area contributed by atoms with E-state index in [4.69, 9.17) is 0 Å². The Morgan fingerprint density at radius 1 is 1.33 bits per heavy atom. The molecular weight excluding hydrogens is 146 g/mol. The Morgan fingerprint density at radius 2 is 2.17 bits per heavy atom. The molecule has 1 heterocycles. The van der Waals surface area contributed by atoms with E-state index in [2.05, 4.69) is 11.8 Å². The first-order valence-electron chi connectivity index (χ1n) is 5.51. The Hall–Kier alpha value is -0.0400. The fourth-order valence-electron chi connectivity index (χ4n) is 3.05. The molecule has 2 saturated carbocycles. The van der Waals surface area contributed by atoms with Gasteiger partial charge in [0.25, 0.3) is 0 Å². The van der Waals surface area contributed by atoms with Gasteiger partial charge in [0.1, 0.15) is 0 Å². The van der Waals surface area contributed by atoms with Crippen molar-refractivity contribution in [2.24, 2.45) is 11.3 Å². The van der Waals surface area contributed by atoms with Crippen LogP contribution in [0.2, 0.25) is 0 Å². The van der Waals surface area contributed by atoms with Gasteiger partial charge in [0.15, 0.2) is 0 Å². The minimum absolute atomic E-state index is 0.744. The monoisotopic (exact) mass is 165 g/mol. The maximum Gasteiger partial charge on any atom is 0.0136 e. The van der Waals surface area contributed by atoms with Crippen molar-refractivity contribution in [1.82, 2.24) is 4.90 Å². The van der Waals surface area contributed by atoms with Crippen LogP contribution in [-0.2, 0) is 0 Å². The van der Waals surface area contributed by atoms with Crippen molar-refractivity contribution in [2.45, 2.75) is 45.1 Å². The van der Waals surface area contributed by atoms with Gasteiger partial charge in [0.05, 0.1) is 0 Å². The summed E-state index contributed by atoms with van der Waals surface area (Å²) in [7, 11) is 0. The second-order valence-electron chi connectivity index (χ2n) is 5.50. The summed E-state index contributed by atoms with van der Waals surface area (Å²) in [6.45, 7) is 5.30. The van der Waals surface area contributed by atoms with Crippen LogP contribution in [0.15, 0.2) is 0 Å². The zero-order valence-corrected chi connectivity index (χ0v) is 8.05. The molecule has 2 unspecified atom stereocenters. The van der Waals surface area contributed by atoms with Crippen molar-refractivity contribution in [3.8, 4) is 0 Å². The van der Waals surface area contributed by atoms with Crippen LogP contribution in [0.4, 0.5) is 0 Å². The van der Waals surface area contributed by atoms with Gasteiger partial charge in [0.2, 0.25) is 0 Å². The molecule has 0 aromatic carbocycles. The smallest absolute Gasteiger partial charge is 0.0136 e. The first-order valence-corrected chi connectivity index (χ1v) is 5.51. The van der Waals surface area contributed by atoms with E-state index < -0.39 is 0 Å². The standard InChI is InChI=1S/C11H19N/c1-11(5-6-11)8-12-7-9-3-2-4-10(9)12/h9-10H,2-8H2,1H3. The largest absolute Gasteiger partial charge is 0.299 e. The molecule has 2 atom stereocenters. The third-order valence-electron chi connectivity index (χ3n) is 4.25. The van der Waals surface area contributed by atoms with Crippen LogP contribution in [0.5, 0.6) is 0 Å². The van der Waals surface area contributed by atoms with Crippen LogP contribution in [0.1, 0.15) is 39.0 Å². The van der Waals surface area contributed by atoms with E-state index in [0.717, 1.165) is 17.4 Å². The molecule has 1 heteroatoms. The molecule has 68 valence electrons. The van der Waals surface area contributed by atoms with Crippen molar-refractivity contribution >= 4 is 0 Å². The van der Waals surface area contributed by atoms with Gasteiger partial charge in [-0.15, -0.1) is 0 Å². The first kappa shape index (κ1) is 7.37. The number of fused-ring (bicyclic) bond motifs is 1. The SMILES string of the molecule is CC1(CN2CC3CCCC32)CC1. The molecule has 0 amide bonds. The van der Waals surface area contributed by atoms with Crippen LogP contribution in [-0.4, -0.2) is 24.0 Å². The average molecular weight is 165 g/mol. The van der Waals surface area contributed by atoms with E-state index in [1.165, 1.54) is 45.2 Å². The van der Waals surface area contributed by atoms with E-state index in [1.54, 1.807) is 0 Å². The van der Waals surface area contributed by atoms with Crippen molar-refractivity contribution in [3.05, 3.63) is 0 Å². The lowest BCUT2D eigenvalue weighted by atomic mass is 9.90. The highest BCUT2D eigenvalue weighted by molar-refractivity contribution is 5.01. The van der Waals surface area contributed by atoms with Crippen LogP contribution < -0.4 is 0 Å². The lowest BCUT2D eigenvalue weighted by molar-refractivity contribution is 0.0218. The molecule has 3 rings (SSSR count). The Kier molecular flexibility index (Phi) is 1.39. The van der Waals surface area contributed by atoms with E-state index in [0.29, 0.717) is 0 Å². The quantitative estimate of drug-likeness (QED) is 0.606. The maximum absolute atomic E-state index is 2.75. The first-order chi connectivity index (χ1) is 5.77. The van der Waals surface area contributed by atoms with E-state index in [-0.39, 0.29) is 0 Å². The number of nitrogens with zero attached hydrogens (tertiary/aromatic N) is 1. The van der Waals surface area contributed by atoms with Crippen molar-refractivity contribution in [1.29, 1.82) is 0 Å². The molecule has 0 aromatic rings. The molecule has 0 N–H and O–H groups in total. The third kappa shape index (κ3) is 1.02. The molecule has 0 radical (unpaired) electrons. The normalized spacial score (nSPS) is 43.8. The number of hydrogen-bond acceptors (Lipinski definition) is 1. The second kappa shape index (κ2) is 2.25. The molecule has 2 aliphatic carbocycles.